The molecule has 120 valence electrons. The van der Waals surface area contributed by atoms with Crippen LogP contribution in [0.25, 0.3) is 0 Å². The van der Waals surface area contributed by atoms with Gasteiger partial charge in [-0.2, -0.15) is 0 Å². The van der Waals surface area contributed by atoms with Crippen molar-refractivity contribution in [2.24, 2.45) is 5.73 Å². The second-order valence-electron chi connectivity index (χ2n) is 6.91. The Kier molecular flexibility index (Phi) is 3.38. The van der Waals surface area contributed by atoms with E-state index in [1.807, 2.05) is 43.5 Å². The molecule has 1 aromatic rings. The average molecular weight is 303 g/mol. The first-order valence-corrected chi connectivity index (χ1v) is 7.71. The van der Waals surface area contributed by atoms with Gasteiger partial charge in [0.05, 0.1) is 12.6 Å². The van der Waals surface area contributed by atoms with Gasteiger partial charge >= 0.3 is 0 Å². The van der Waals surface area contributed by atoms with Crippen LogP contribution in [0.5, 0.6) is 0 Å². The minimum Gasteiger partial charge on any atom is -0.508 e. The Morgan fingerprint density at radius 2 is 2.05 bits per heavy atom. The zero-order chi connectivity index (χ0) is 16.1. The van der Waals surface area contributed by atoms with Crippen molar-refractivity contribution in [2.75, 3.05) is 12.3 Å². The lowest BCUT2D eigenvalue weighted by Gasteiger charge is -2.41. The number of anilines is 1. The molecular formula is C17H25N3O2. The summed E-state index contributed by atoms with van der Waals surface area (Å²) >= 11 is 0. The number of aliphatic hydroxyl groups is 1. The quantitative estimate of drug-likeness (QED) is 0.798. The van der Waals surface area contributed by atoms with Crippen molar-refractivity contribution < 1.29 is 9.84 Å². The lowest BCUT2D eigenvalue weighted by molar-refractivity contribution is -0.0346. The van der Waals surface area contributed by atoms with E-state index in [2.05, 4.69) is 0 Å². The predicted octanol–water partition coefficient (Wildman–Crippen LogP) is 2.59. The van der Waals surface area contributed by atoms with Crippen molar-refractivity contribution in [3.05, 3.63) is 41.3 Å². The van der Waals surface area contributed by atoms with Crippen molar-refractivity contribution in [3.63, 3.8) is 0 Å². The Hall–Kier alpha value is -1.72. The number of nitrogens with zero attached hydrogens (tertiary/aromatic N) is 1. The topological polar surface area (TPSA) is 86.4 Å². The third-order valence-electron chi connectivity index (χ3n) is 4.90. The van der Waals surface area contributed by atoms with Crippen molar-refractivity contribution in [1.29, 1.82) is 0 Å². The van der Waals surface area contributed by atoms with Crippen molar-refractivity contribution in [3.8, 4) is 0 Å². The maximum Gasteiger partial charge on any atom is 0.116 e. The Morgan fingerprint density at radius 1 is 1.36 bits per heavy atom. The molecule has 2 atom stereocenters. The van der Waals surface area contributed by atoms with Crippen LogP contribution in [0.2, 0.25) is 0 Å². The van der Waals surface area contributed by atoms with Gasteiger partial charge in [-0.3, -0.25) is 0 Å². The third-order valence-corrected chi connectivity index (χ3v) is 4.90. The molecule has 1 saturated carbocycles. The molecule has 0 spiro atoms. The normalized spacial score (nSPS) is 29.9. The van der Waals surface area contributed by atoms with Gasteiger partial charge in [0.2, 0.25) is 0 Å². The molecule has 0 radical (unpaired) electrons. The van der Waals surface area contributed by atoms with Gasteiger partial charge in [0.1, 0.15) is 17.2 Å². The molecule has 2 aliphatic carbocycles. The summed E-state index contributed by atoms with van der Waals surface area (Å²) in [5.74, 6) is 0.932. The van der Waals surface area contributed by atoms with Gasteiger partial charge in [-0.15, -0.1) is 0 Å². The van der Waals surface area contributed by atoms with E-state index < -0.39 is 5.60 Å². The summed E-state index contributed by atoms with van der Waals surface area (Å²) in [6.45, 7) is 6.46. The van der Waals surface area contributed by atoms with Gasteiger partial charge in [-0.25, -0.2) is 0 Å². The van der Waals surface area contributed by atoms with Crippen LogP contribution < -0.4 is 11.5 Å². The molecule has 0 amide bonds. The van der Waals surface area contributed by atoms with E-state index >= 15 is 0 Å². The van der Waals surface area contributed by atoms with E-state index in [9.17, 15) is 5.11 Å². The van der Waals surface area contributed by atoms with Crippen molar-refractivity contribution in [2.45, 2.75) is 50.8 Å². The highest BCUT2D eigenvalue weighted by molar-refractivity contribution is 5.42. The van der Waals surface area contributed by atoms with Crippen LogP contribution in [0.4, 0.5) is 5.82 Å². The van der Waals surface area contributed by atoms with Gasteiger partial charge in [-0.05, 0) is 63.5 Å². The summed E-state index contributed by atoms with van der Waals surface area (Å²) in [4.78, 5) is 0. The minimum absolute atomic E-state index is 0.185. The third kappa shape index (κ3) is 2.44. The molecule has 5 nitrogen and oxygen atoms in total. The van der Waals surface area contributed by atoms with E-state index in [-0.39, 0.29) is 17.3 Å². The molecule has 0 aliphatic heterocycles. The molecule has 22 heavy (non-hydrogen) atoms. The van der Waals surface area contributed by atoms with E-state index in [1.165, 1.54) is 0 Å². The first kappa shape index (κ1) is 15.2. The van der Waals surface area contributed by atoms with E-state index in [1.54, 1.807) is 6.08 Å². The summed E-state index contributed by atoms with van der Waals surface area (Å²) < 4.78 is 8.25. The zero-order valence-electron chi connectivity index (χ0n) is 13.5. The fraction of sp³-hybridized carbons (Fsp3) is 0.529. The summed E-state index contributed by atoms with van der Waals surface area (Å²) in [6.07, 6.45) is 5.62. The van der Waals surface area contributed by atoms with Crippen LogP contribution in [-0.2, 0) is 4.74 Å². The van der Waals surface area contributed by atoms with Crippen LogP contribution in [0.3, 0.4) is 0 Å². The Morgan fingerprint density at radius 3 is 2.59 bits per heavy atom. The van der Waals surface area contributed by atoms with E-state index in [4.69, 9.17) is 16.2 Å². The predicted molar refractivity (Wildman–Crippen MR) is 87.6 cm³/mol. The molecule has 1 heterocycles. The van der Waals surface area contributed by atoms with Gasteiger partial charge in [0.25, 0.3) is 0 Å². The standard InChI is InChI=1S/C17H25N3O2/c1-11-4-5-14(18)20(11)15-12(2)13(21)6-7-16(15,3)22-10-17(19)8-9-17/h4-7,15,21H,8-10,18-19H2,1-3H3. The van der Waals surface area contributed by atoms with Gasteiger partial charge in [-0.1, -0.05) is 0 Å². The second-order valence-corrected chi connectivity index (χ2v) is 6.91. The lowest BCUT2D eigenvalue weighted by Crippen LogP contribution is -2.44. The SMILES string of the molecule is CC1=C(O)C=CC(C)(OCC2(N)CC2)C1n1c(C)ccc1N. The number of hydrogen-bond acceptors (Lipinski definition) is 4. The largest absolute Gasteiger partial charge is 0.508 e. The average Bonchev–Trinajstić information content (AvgIpc) is 3.13. The molecule has 1 aromatic heterocycles. The number of nitrogens with two attached hydrogens (primary N) is 2. The van der Waals surface area contributed by atoms with Gasteiger partial charge in [0.15, 0.2) is 0 Å². The summed E-state index contributed by atoms with van der Waals surface area (Å²) in [5, 5.41) is 10.2. The van der Waals surface area contributed by atoms with Gasteiger partial charge in [0, 0.05) is 11.2 Å². The molecule has 2 aliphatic rings. The second kappa shape index (κ2) is 4.89. The molecule has 5 heteroatoms. The number of allylic oxidation sites excluding steroid dienone is 1. The molecule has 1 fully saturated rings. The fourth-order valence-electron chi connectivity index (χ4n) is 3.14. The van der Waals surface area contributed by atoms with Crippen LogP contribution in [0.1, 0.15) is 38.4 Å². The maximum absolute atomic E-state index is 10.2. The zero-order valence-corrected chi connectivity index (χ0v) is 13.5. The van der Waals surface area contributed by atoms with Crippen LogP contribution in [0.15, 0.2) is 35.6 Å². The maximum atomic E-state index is 10.2. The van der Waals surface area contributed by atoms with Crippen molar-refractivity contribution >= 4 is 5.82 Å². The first-order valence-electron chi connectivity index (χ1n) is 7.71. The van der Waals surface area contributed by atoms with Crippen LogP contribution >= 0.6 is 0 Å². The molecule has 0 aromatic carbocycles. The monoisotopic (exact) mass is 303 g/mol. The first-order chi connectivity index (χ1) is 10.3. The van der Waals surface area contributed by atoms with E-state index in [0.29, 0.717) is 12.4 Å². The Labute approximate surface area is 131 Å². The highest BCUT2D eigenvalue weighted by Gasteiger charge is 2.45. The lowest BCUT2D eigenvalue weighted by atomic mass is 9.84. The smallest absolute Gasteiger partial charge is 0.116 e. The summed E-state index contributed by atoms with van der Waals surface area (Å²) in [6, 6.07) is 3.67. The highest BCUT2D eigenvalue weighted by Crippen LogP contribution is 2.43. The number of aromatic nitrogens is 1. The molecule has 0 saturated heterocycles. The molecule has 0 bridgehead atoms. The molecule has 2 unspecified atom stereocenters. The van der Waals surface area contributed by atoms with Crippen molar-refractivity contribution in [1.82, 2.24) is 4.57 Å². The summed E-state index contributed by atoms with van der Waals surface area (Å²) in [7, 11) is 0. The van der Waals surface area contributed by atoms with Gasteiger partial charge < -0.3 is 25.9 Å². The minimum atomic E-state index is -0.594. The number of nitrogen functional groups attached to an aromatic ring is 1. The van der Waals surface area contributed by atoms with Crippen LogP contribution in [0, 0.1) is 6.92 Å². The fourth-order valence-corrected chi connectivity index (χ4v) is 3.14. The summed E-state index contributed by atoms with van der Waals surface area (Å²) in [5.41, 5.74) is 13.4. The Balaban J connectivity index is 1.98. The number of aryl methyl sites for hydroxylation is 1. The molecule has 5 N–H and O–H groups in total. The van der Waals surface area contributed by atoms with Crippen LogP contribution in [-0.4, -0.2) is 27.4 Å². The number of ether oxygens (including phenoxy) is 1. The number of hydrogen-bond donors (Lipinski definition) is 3. The molecular weight excluding hydrogens is 278 g/mol. The molecule has 3 rings (SSSR count). The Bertz CT molecular complexity index is 635. The number of rotatable bonds is 4. The number of aliphatic hydroxyl groups excluding tert-OH is 1. The highest BCUT2D eigenvalue weighted by atomic mass is 16.5. The van der Waals surface area contributed by atoms with E-state index in [0.717, 1.165) is 24.1 Å².